The summed E-state index contributed by atoms with van der Waals surface area (Å²) in [5.74, 6) is -1.78. The summed E-state index contributed by atoms with van der Waals surface area (Å²) in [6.45, 7) is 1.08. The van der Waals surface area contributed by atoms with E-state index in [1.54, 1.807) is 42.5 Å². The fraction of sp³-hybridized carbons (Fsp3) is 0.250. The molecule has 146 valence electrons. The molecule has 2 rings (SSSR count). The average molecular weight is 400 g/mol. The number of rotatable bonds is 8. The van der Waals surface area contributed by atoms with Crippen molar-refractivity contribution in [2.75, 3.05) is 23.8 Å². The summed E-state index contributed by atoms with van der Waals surface area (Å²) in [5, 5.41) is 8.91. The molecule has 0 bridgehead atoms. The van der Waals surface area contributed by atoms with Crippen LogP contribution in [0.4, 0.5) is 5.69 Å². The zero-order chi connectivity index (χ0) is 20.6. The van der Waals surface area contributed by atoms with Crippen LogP contribution in [0, 0.1) is 18.3 Å². The van der Waals surface area contributed by atoms with Gasteiger partial charge >= 0.3 is 5.97 Å². The molecule has 7 nitrogen and oxygen atoms in total. The normalized spacial score (nSPS) is 10.7. The van der Waals surface area contributed by atoms with Gasteiger partial charge in [-0.05, 0) is 31.2 Å². The molecule has 0 aromatic heterocycles. The Morgan fingerprint density at radius 3 is 2.32 bits per heavy atom. The van der Waals surface area contributed by atoms with Crippen LogP contribution in [0.15, 0.2) is 59.5 Å². The van der Waals surface area contributed by atoms with Crippen LogP contribution in [0.2, 0.25) is 0 Å². The Labute approximate surface area is 164 Å². The highest BCUT2D eigenvalue weighted by Crippen LogP contribution is 2.14. The van der Waals surface area contributed by atoms with Gasteiger partial charge < -0.3 is 4.74 Å². The van der Waals surface area contributed by atoms with Gasteiger partial charge in [-0.2, -0.15) is 5.26 Å². The molecule has 0 spiro atoms. The van der Waals surface area contributed by atoms with Gasteiger partial charge in [0.1, 0.15) is 6.54 Å². The van der Waals surface area contributed by atoms with E-state index < -0.39 is 34.1 Å². The summed E-state index contributed by atoms with van der Waals surface area (Å²) in [6.07, 6.45) is -0.368. The number of aryl methyl sites for hydroxylation is 1. The molecule has 0 saturated heterocycles. The van der Waals surface area contributed by atoms with Crippen molar-refractivity contribution in [2.24, 2.45) is 0 Å². The Morgan fingerprint density at radius 2 is 1.71 bits per heavy atom. The minimum absolute atomic E-state index is 0.131. The van der Waals surface area contributed by atoms with Gasteiger partial charge in [-0.15, -0.1) is 0 Å². The first-order valence-corrected chi connectivity index (χ1v) is 10.2. The number of esters is 1. The molecule has 2 aromatic rings. The molecule has 0 N–H and O–H groups in total. The van der Waals surface area contributed by atoms with Gasteiger partial charge in [-0.1, -0.05) is 35.9 Å². The topological polar surface area (TPSA) is 105 Å². The Kier molecular flexibility index (Phi) is 7.29. The van der Waals surface area contributed by atoms with Crippen molar-refractivity contribution in [2.45, 2.75) is 18.2 Å². The maximum atomic E-state index is 12.3. The van der Waals surface area contributed by atoms with E-state index in [2.05, 4.69) is 0 Å². The second kappa shape index (κ2) is 9.67. The second-order valence-corrected chi connectivity index (χ2v) is 8.13. The van der Waals surface area contributed by atoms with Crippen LogP contribution in [0.1, 0.15) is 12.0 Å². The molecule has 0 radical (unpaired) electrons. The number of nitrogens with zero attached hydrogens (tertiary/aromatic N) is 2. The van der Waals surface area contributed by atoms with Gasteiger partial charge in [0, 0.05) is 5.69 Å². The van der Waals surface area contributed by atoms with Gasteiger partial charge in [-0.25, -0.2) is 8.42 Å². The van der Waals surface area contributed by atoms with Crippen LogP contribution in [0.25, 0.3) is 0 Å². The number of hydrogen-bond donors (Lipinski definition) is 0. The minimum Gasteiger partial charge on any atom is -0.456 e. The second-order valence-electron chi connectivity index (χ2n) is 6.02. The number of hydrogen-bond acceptors (Lipinski definition) is 6. The zero-order valence-electron chi connectivity index (χ0n) is 15.4. The monoisotopic (exact) mass is 400 g/mol. The largest absolute Gasteiger partial charge is 0.456 e. The van der Waals surface area contributed by atoms with E-state index in [0.29, 0.717) is 5.69 Å². The Balaban J connectivity index is 1.90. The molecule has 0 aliphatic carbocycles. The first kappa shape index (κ1) is 21.1. The number of anilines is 1. The van der Waals surface area contributed by atoms with Crippen molar-refractivity contribution in [3.8, 4) is 6.07 Å². The van der Waals surface area contributed by atoms with Crippen LogP contribution in [0.5, 0.6) is 0 Å². The summed E-state index contributed by atoms with van der Waals surface area (Å²) in [6, 6.07) is 16.7. The van der Waals surface area contributed by atoms with Crippen LogP contribution in [-0.2, 0) is 24.2 Å². The van der Waals surface area contributed by atoms with E-state index >= 15 is 0 Å². The van der Waals surface area contributed by atoms with E-state index in [4.69, 9.17) is 10.00 Å². The first-order chi connectivity index (χ1) is 13.3. The number of amides is 1. The molecule has 0 aliphatic rings. The van der Waals surface area contributed by atoms with Crippen molar-refractivity contribution in [1.82, 2.24) is 0 Å². The van der Waals surface area contributed by atoms with Crippen LogP contribution in [-0.4, -0.2) is 39.2 Å². The Morgan fingerprint density at radius 1 is 1.07 bits per heavy atom. The lowest BCUT2D eigenvalue weighted by atomic mass is 10.2. The third-order valence-corrected chi connectivity index (χ3v) is 5.64. The van der Waals surface area contributed by atoms with Gasteiger partial charge in [0.2, 0.25) is 0 Å². The van der Waals surface area contributed by atoms with Crippen molar-refractivity contribution < 1.29 is 22.7 Å². The summed E-state index contributed by atoms with van der Waals surface area (Å²) >= 11 is 0. The standard InChI is InChI=1S/C20H20N2O5S/c1-16-7-9-18(10-8-16)28(25,26)14-11-20(24)27-15-19(23)22(13-12-21)17-5-3-2-4-6-17/h2-10H,11,13-15H2,1H3. The molecule has 8 heteroatoms. The molecule has 0 heterocycles. The first-order valence-electron chi connectivity index (χ1n) is 8.51. The molecular weight excluding hydrogens is 380 g/mol. The van der Waals surface area contributed by atoms with Gasteiger partial charge in [0.15, 0.2) is 16.4 Å². The summed E-state index contributed by atoms with van der Waals surface area (Å²) < 4.78 is 29.4. The minimum atomic E-state index is -3.62. The Bertz CT molecular complexity index is 964. The molecule has 1 amide bonds. The molecule has 0 aliphatic heterocycles. The number of sulfone groups is 1. The van der Waals surface area contributed by atoms with E-state index in [-0.39, 0.29) is 17.9 Å². The molecule has 2 aromatic carbocycles. The van der Waals surface area contributed by atoms with E-state index in [1.165, 1.54) is 17.0 Å². The lowest BCUT2D eigenvalue weighted by Crippen LogP contribution is -2.35. The van der Waals surface area contributed by atoms with Crippen LogP contribution in [0.3, 0.4) is 0 Å². The number of carbonyl (C=O) groups is 2. The quantitative estimate of drug-likeness (QED) is 0.497. The smallest absolute Gasteiger partial charge is 0.307 e. The highest BCUT2D eigenvalue weighted by atomic mass is 32.2. The van der Waals surface area contributed by atoms with Crippen LogP contribution >= 0.6 is 0 Å². The fourth-order valence-electron chi connectivity index (χ4n) is 2.38. The zero-order valence-corrected chi connectivity index (χ0v) is 16.2. The van der Waals surface area contributed by atoms with Gasteiger partial charge in [0.25, 0.3) is 5.91 Å². The molecule has 28 heavy (non-hydrogen) atoms. The number of carbonyl (C=O) groups excluding carboxylic acids is 2. The summed E-state index contributed by atoms with van der Waals surface area (Å²) in [7, 11) is -3.62. The predicted molar refractivity (Wildman–Crippen MR) is 103 cm³/mol. The summed E-state index contributed by atoms with van der Waals surface area (Å²) in [4.78, 5) is 25.5. The Hall–Kier alpha value is -3.18. The van der Waals surface area contributed by atoms with Crippen LogP contribution < -0.4 is 4.90 Å². The molecule has 0 fully saturated rings. The maximum absolute atomic E-state index is 12.3. The lowest BCUT2D eigenvalue weighted by molar-refractivity contribution is -0.147. The highest BCUT2D eigenvalue weighted by molar-refractivity contribution is 7.91. The fourth-order valence-corrected chi connectivity index (χ4v) is 3.60. The lowest BCUT2D eigenvalue weighted by Gasteiger charge is -2.19. The number of ether oxygens (including phenoxy) is 1. The number of nitriles is 1. The average Bonchev–Trinajstić information content (AvgIpc) is 2.69. The predicted octanol–water partition coefficient (Wildman–Crippen LogP) is 2.26. The van der Waals surface area contributed by atoms with E-state index in [0.717, 1.165) is 5.56 Å². The van der Waals surface area contributed by atoms with Gasteiger partial charge in [-0.3, -0.25) is 14.5 Å². The molecule has 0 saturated carbocycles. The SMILES string of the molecule is Cc1ccc(S(=O)(=O)CCC(=O)OCC(=O)N(CC#N)c2ccccc2)cc1. The third-order valence-electron chi connectivity index (χ3n) is 3.91. The van der Waals surface area contributed by atoms with Gasteiger partial charge in [0.05, 0.1) is 23.1 Å². The molecular formula is C20H20N2O5S. The van der Waals surface area contributed by atoms with E-state index in [9.17, 15) is 18.0 Å². The van der Waals surface area contributed by atoms with Crippen molar-refractivity contribution in [3.63, 3.8) is 0 Å². The van der Waals surface area contributed by atoms with Crippen molar-refractivity contribution in [1.29, 1.82) is 5.26 Å². The van der Waals surface area contributed by atoms with E-state index in [1.807, 2.05) is 13.0 Å². The molecule has 0 unspecified atom stereocenters. The maximum Gasteiger partial charge on any atom is 0.307 e. The third kappa shape index (κ3) is 5.93. The van der Waals surface area contributed by atoms with Crippen molar-refractivity contribution in [3.05, 3.63) is 60.2 Å². The number of benzene rings is 2. The van der Waals surface area contributed by atoms with Crippen molar-refractivity contribution >= 4 is 27.4 Å². The number of para-hydroxylation sites is 1. The summed E-state index contributed by atoms with van der Waals surface area (Å²) in [5.41, 5.74) is 1.43. The highest BCUT2D eigenvalue weighted by Gasteiger charge is 2.20. The molecule has 0 atom stereocenters.